The van der Waals surface area contributed by atoms with E-state index in [0.29, 0.717) is 59.5 Å². The molecular formula is C25H51FN4O6. The molecule has 0 radical (unpaired) electrons. The van der Waals surface area contributed by atoms with Gasteiger partial charge in [-0.2, -0.15) is 0 Å². The summed E-state index contributed by atoms with van der Waals surface area (Å²) in [6.07, 6.45) is -0.424. The number of piperazine rings is 1. The highest BCUT2D eigenvalue weighted by Crippen LogP contribution is 2.03. The predicted molar refractivity (Wildman–Crippen MR) is 138 cm³/mol. The van der Waals surface area contributed by atoms with E-state index in [1.807, 2.05) is 20.9 Å². The molecule has 0 spiro atoms. The zero-order valence-electron chi connectivity index (χ0n) is 22.8. The van der Waals surface area contributed by atoms with Crippen LogP contribution < -0.4 is 10.6 Å². The number of likely N-dealkylation sites (N-methyl/N-ethyl adjacent to an activating group) is 1. The van der Waals surface area contributed by atoms with Gasteiger partial charge in [-0.05, 0) is 13.5 Å². The first-order chi connectivity index (χ1) is 17.6. The number of amides is 1. The first kappa shape index (κ1) is 33.1. The number of halogens is 1. The standard InChI is InChI=1S/C25H51FN4O6/c1-4-23(2)25(31)28-21-24(26)22-36-14-11-30-8-6-29(7-9-30)10-13-33-16-18-35-20-19-34-17-15-32-12-5-27-3/h23-24,27H,4-22H2,1-3H3,(H,28,31). The summed E-state index contributed by atoms with van der Waals surface area (Å²) in [7, 11) is 1.90. The van der Waals surface area contributed by atoms with Crippen LogP contribution in [0.3, 0.4) is 0 Å². The summed E-state index contributed by atoms with van der Waals surface area (Å²) >= 11 is 0. The molecule has 1 aliphatic heterocycles. The summed E-state index contributed by atoms with van der Waals surface area (Å²) < 4.78 is 41.3. The number of nitrogens with one attached hydrogen (secondary N) is 2. The van der Waals surface area contributed by atoms with Crippen LogP contribution in [0.2, 0.25) is 0 Å². The van der Waals surface area contributed by atoms with Crippen LogP contribution in [0.15, 0.2) is 0 Å². The van der Waals surface area contributed by atoms with Gasteiger partial charge in [-0.1, -0.05) is 13.8 Å². The normalized spacial score (nSPS) is 16.8. The minimum absolute atomic E-state index is 0.0118. The Kier molecular flexibility index (Phi) is 21.4. The number of rotatable bonds is 24. The molecule has 0 aliphatic carbocycles. The molecule has 36 heavy (non-hydrogen) atoms. The van der Waals surface area contributed by atoms with Gasteiger partial charge in [0.2, 0.25) is 5.91 Å². The summed E-state index contributed by atoms with van der Waals surface area (Å²) in [4.78, 5) is 16.4. The molecule has 1 heterocycles. The fraction of sp³-hybridized carbons (Fsp3) is 0.960. The fourth-order valence-electron chi connectivity index (χ4n) is 3.40. The van der Waals surface area contributed by atoms with Gasteiger partial charge in [0.1, 0.15) is 6.17 Å². The lowest BCUT2D eigenvalue weighted by atomic mass is 10.1. The molecule has 11 heteroatoms. The van der Waals surface area contributed by atoms with Crippen molar-refractivity contribution < 1.29 is 32.9 Å². The summed E-state index contributed by atoms with van der Waals surface area (Å²) in [5.74, 6) is -0.187. The Bertz CT molecular complexity index is 515. The van der Waals surface area contributed by atoms with Crippen LogP contribution in [-0.2, 0) is 28.5 Å². The van der Waals surface area contributed by atoms with E-state index in [1.54, 1.807) is 0 Å². The highest BCUT2D eigenvalue weighted by Gasteiger charge is 2.17. The Labute approximate surface area is 217 Å². The summed E-state index contributed by atoms with van der Waals surface area (Å²) in [5.41, 5.74) is 0. The lowest BCUT2D eigenvalue weighted by Gasteiger charge is -2.34. The van der Waals surface area contributed by atoms with Gasteiger partial charge >= 0.3 is 0 Å². The van der Waals surface area contributed by atoms with E-state index >= 15 is 0 Å². The third-order valence-electron chi connectivity index (χ3n) is 6.04. The minimum atomic E-state index is -1.17. The lowest BCUT2D eigenvalue weighted by molar-refractivity contribution is -0.124. The van der Waals surface area contributed by atoms with Crippen LogP contribution in [0.5, 0.6) is 0 Å². The highest BCUT2D eigenvalue weighted by atomic mass is 19.1. The average molecular weight is 523 g/mol. The van der Waals surface area contributed by atoms with E-state index in [2.05, 4.69) is 20.4 Å². The molecular weight excluding hydrogens is 471 g/mol. The smallest absolute Gasteiger partial charge is 0.222 e. The second kappa shape index (κ2) is 23.2. The molecule has 1 aliphatic rings. The van der Waals surface area contributed by atoms with Gasteiger partial charge in [0.25, 0.3) is 0 Å². The highest BCUT2D eigenvalue weighted by molar-refractivity contribution is 5.78. The topological polar surface area (TPSA) is 93.8 Å². The molecule has 2 N–H and O–H groups in total. The Hall–Kier alpha value is -0.920. The molecule has 214 valence electrons. The maximum absolute atomic E-state index is 13.9. The number of nitrogens with zero attached hydrogens (tertiary/aromatic N) is 2. The van der Waals surface area contributed by atoms with E-state index in [4.69, 9.17) is 23.7 Å². The van der Waals surface area contributed by atoms with Gasteiger partial charge in [-0.15, -0.1) is 0 Å². The molecule has 0 bridgehead atoms. The van der Waals surface area contributed by atoms with Crippen LogP contribution >= 0.6 is 0 Å². The molecule has 1 saturated heterocycles. The minimum Gasteiger partial charge on any atom is -0.378 e. The second-order valence-electron chi connectivity index (χ2n) is 8.96. The maximum atomic E-state index is 13.9. The van der Waals surface area contributed by atoms with E-state index in [0.717, 1.165) is 52.2 Å². The van der Waals surface area contributed by atoms with Crippen molar-refractivity contribution in [1.29, 1.82) is 0 Å². The van der Waals surface area contributed by atoms with Crippen molar-refractivity contribution in [3.8, 4) is 0 Å². The fourth-order valence-corrected chi connectivity index (χ4v) is 3.40. The van der Waals surface area contributed by atoms with Crippen molar-refractivity contribution in [2.24, 2.45) is 5.92 Å². The molecule has 2 unspecified atom stereocenters. The molecule has 0 aromatic rings. The van der Waals surface area contributed by atoms with Crippen LogP contribution in [0.1, 0.15) is 20.3 Å². The van der Waals surface area contributed by atoms with Crippen LogP contribution in [0.25, 0.3) is 0 Å². The molecule has 0 aromatic heterocycles. The quantitative estimate of drug-likeness (QED) is 0.175. The van der Waals surface area contributed by atoms with Crippen molar-refractivity contribution in [2.45, 2.75) is 26.4 Å². The van der Waals surface area contributed by atoms with Gasteiger partial charge in [0.15, 0.2) is 0 Å². The van der Waals surface area contributed by atoms with Crippen LogP contribution in [0, 0.1) is 5.92 Å². The predicted octanol–water partition coefficient (Wildman–Crippen LogP) is 0.407. The average Bonchev–Trinajstić information content (AvgIpc) is 2.90. The van der Waals surface area contributed by atoms with Gasteiger partial charge < -0.3 is 34.3 Å². The first-order valence-corrected chi connectivity index (χ1v) is 13.5. The van der Waals surface area contributed by atoms with Crippen LogP contribution in [-0.4, -0.2) is 147 Å². The molecule has 0 saturated carbocycles. The number of carbonyl (C=O) groups excluding carboxylic acids is 1. The van der Waals surface area contributed by atoms with Crippen molar-refractivity contribution in [2.75, 3.05) is 125 Å². The zero-order chi connectivity index (χ0) is 26.3. The monoisotopic (exact) mass is 522 g/mol. The first-order valence-electron chi connectivity index (χ1n) is 13.5. The van der Waals surface area contributed by atoms with Crippen LogP contribution in [0.4, 0.5) is 4.39 Å². The number of ether oxygens (including phenoxy) is 5. The van der Waals surface area contributed by atoms with E-state index in [9.17, 15) is 9.18 Å². The van der Waals surface area contributed by atoms with Crippen molar-refractivity contribution in [3.63, 3.8) is 0 Å². The van der Waals surface area contributed by atoms with E-state index < -0.39 is 6.17 Å². The Morgan fingerprint density at radius 1 is 0.806 bits per heavy atom. The van der Waals surface area contributed by atoms with Crippen molar-refractivity contribution in [1.82, 2.24) is 20.4 Å². The van der Waals surface area contributed by atoms with Gasteiger partial charge in [0.05, 0.1) is 72.6 Å². The molecule has 10 nitrogen and oxygen atoms in total. The van der Waals surface area contributed by atoms with Gasteiger partial charge in [0, 0.05) is 51.7 Å². The largest absolute Gasteiger partial charge is 0.378 e. The summed E-state index contributed by atoms with van der Waals surface area (Å²) in [5, 5.41) is 5.66. The SMILES string of the molecule is CCC(C)C(=O)NCC(F)COCCN1CCN(CCOCCOCCOCCOCCNC)CC1. The number of carbonyl (C=O) groups is 1. The number of hydrogen-bond acceptors (Lipinski definition) is 9. The van der Waals surface area contributed by atoms with Crippen molar-refractivity contribution >= 4 is 5.91 Å². The maximum Gasteiger partial charge on any atom is 0.222 e. The Balaban J connectivity index is 1.86. The van der Waals surface area contributed by atoms with E-state index in [-0.39, 0.29) is 25.0 Å². The third kappa shape index (κ3) is 18.3. The molecule has 2 atom stereocenters. The number of alkyl halides is 1. The van der Waals surface area contributed by atoms with Gasteiger partial charge in [-0.25, -0.2) is 4.39 Å². The van der Waals surface area contributed by atoms with Crippen molar-refractivity contribution in [3.05, 3.63) is 0 Å². The molecule has 1 amide bonds. The Morgan fingerprint density at radius 2 is 1.28 bits per heavy atom. The molecule has 1 rings (SSSR count). The van der Waals surface area contributed by atoms with Gasteiger partial charge in [-0.3, -0.25) is 14.6 Å². The van der Waals surface area contributed by atoms with E-state index in [1.165, 1.54) is 0 Å². The molecule has 1 fully saturated rings. The summed E-state index contributed by atoms with van der Waals surface area (Å²) in [6.45, 7) is 15.6. The summed E-state index contributed by atoms with van der Waals surface area (Å²) in [6, 6.07) is 0. The second-order valence-corrected chi connectivity index (χ2v) is 8.96. The number of hydrogen-bond donors (Lipinski definition) is 2. The zero-order valence-corrected chi connectivity index (χ0v) is 22.8. The third-order valence-corrected chi connectivity index (χ3v) is 6.04. The Morgan fingerprint density at radius 3 is 1.78 bits per heavy atom. The lowest BCUT2D eigenvalue weighted by Crippen LogP contribution is -2.48. The molecule has 0 aromatic carbocycles.